The van der Waals surface area contributed by atoms with Crippen LogP contribution < -0.4 is 0 Å². The normalized spacial score (nSPS) is 20.6. The van der Waals surface area contributed by atoms with E-state index in [-0.39, 0.29) is 0 Å². The molecule has 0 aromatic rings. The van der Waals surface area contributed by atoms with E-state index in [0.29, 0.717) is 0 Å². The molecule has 1 heteroatoms. The molecule has 0 radical (unpaired) electrons. The molecule has 0 spiro atoms. The average molecular weight is 211 g/mol. The molecular formula is C14H29N. The van der Waals surface area contributed by atoms with Crippen LogP contribution in [0.1, 0.15) is 59.3 Å². The van der Waals surface area contributed by atoms with Gasteiger partial charge in [-0.15, -0.1) is 0 Å². The van der Waals surface area contributed by atoms with Crippen molar-refractivity contribution in [3.05, 3.63) is 0 Å². The van der Waals surface area contributed by atoms with Gasteiger partial charge in [0.15, 0.2) is 0 Å². The Balaban J connectivity index is 2.07. The minimum atomic E-state index is 0.782. The Morgan fingerprint density at radius 3 is 2.33 bits per heavy atom. The van der Waals surface area contributed by atoms with E-state index in [0.717, 1.165) is 17.9 Å². The standard InChI is InChI=1S/C14H29N/c1-5-6-12(2)7-8-13(3)15(4)11-14-9-10-14/h12-14H,5-11H2,1-4H3. The molecule has 0 heterocycles. The van der Waals surface area contributed by atoms with Crippen LogP contribution in [0.4, 0.5) is 0 Å². The molecule has 0 N–H and O–H groups in total. The maximum Gasteiger partial charge on any atom is 0.00640 e. The number of nitrogens with zero attached hydrogens (tertiary/aromatic N) is 1. The van der Waals surface area contributed by atoms with Crippen molar-refractivity contribution in [3.8, 4) is 0 Å². The molecule has 0 saturated heterocycles. The molecule has 0 aromatic heterocycles. The Hall–Kier alpha value is -0.0400. The van der Waals surface area contributed by atoms with Crippen molar-refractivity contribution in [1.82, 2.24) is 4.90 Å². The topological polar surface area (TPSA) is 3.24 Å². The zero-order valence-corrected chi connectivity index (χ0v) is 11.1. The van der Waals surface area contributed by atoms with Crippen LogP contribution >= 0.6 is 0 Å². The van der Waals surface area contributed by atoms with E-state index in [4.69, 9.17) is 0 Å². The Kier molecular flexibility index (Phi) is 5.66. The molecule has 1 aliphatic rings. The highest BCUT2D eigenvalue weighted by atomic mass is 15.1. The van der Waals surface area contributed by atoms with E-state index in [1.165, 1.54) is 45.1 Å². The monoisotopic (exact) mass is 211 g/mol. The molecule has 0 amide bonds. The van der Waals surface area contributed by atoms with Gasteiger partial charge in [-0.3, -0.25) is 0 Å². The first-order chi connectivity index (χ1) is 7.13. The summed E-state index contributed by atoms with van der Waals surface area (Å²) in [5, 5.41) is 0. The third-order valence-electron chi connectivity index (χ3n) is 3.85. The first-order valence-corrected chi connectivity index (χ1v) is 6.83. The highest BCUT2D eigenvalue weighted by Gasteiger charge is 2.24. The van der Waals surface area contributed by atoms with E-state index in [2.05, 4.69) is 32.7 Å². The second kappa shape index (κ2) is 6.52. The average Bonchev–Trinajstić information content (AvgIpc) is 2.98. The van der Waals surface area contributed by atoms with Gasteiger partial charge in [-0.25, -0.2) is 0 Å². The van der Waals surface area contributed by atoms with Crippen LogP contribution in [0.15, 0.2) is 0 Å². The quantitative estimate of drug-likeness (QED) is 0.588. The van der Waals surface area contributed by atoms with Crippen molar-refractivity contribution < 1.29 is 0 Å². The molecule has 1 rings (SSSR count). The van der Waals surface area contributed by atoms with Gasteiger partial charge in [0.2, 0.25) is 0 Å². The predicted molar refractivity (Wildman–Crippen MR) is 68.1 cm³/mol. The summed E-state index contributed by atoms with van der Waals surface area (Å²) in [6, 6.07) is 0.782. The summed E-state index contributed by atoms with van der Waals surface area (Å²) in [6.45, 7) is 8.42. The molecular weight excluding hydrogens is 182 g/mol. The molecule has 1 aliphatic carbocycles. The Morgan fingerprint density at radius 1 is 1.13 bits per heavy atom. The molecule has 2 atom stereocenters. The molecule has 0 aliphatic heterocycles. The fourth-order valence-electron chi connectivity index (χ4n) is 2.27. The lowest BCUT2D eigenvalue weighted by atomic mass is 9.97. The second-order valence-electron chi connectivity index (χ2n) is 5.70. The van der Waals surface area contributed by atoms with Crippen LogP contribution in [0.2, 0.25) is 0 Å². The highest BCUT2D eigenvalue weighted by Crippen LogP contribution is 2.30. The number of hydrogen-bond acceptors (Lipinski definition) is 1. The first-order valence-electron chi connectivity index (χ1n) is 6.83. The SMILES string of the molecule is CCCC(C)CCC(C)N(C)CC1CC1. The van der Waals surface area contributed by atoms with Crippen LogP contribution in [0.5, 0.6) is 0 Å². The molecule has 0 bridgehead atoms. The molecule has 1 fully saturated rings. The van der Waals surface area contributed by atoms with Gasteiger partial charge < -0.3 is 4.90 Å². The summed E-state index contributed by atoms with van der Waals surface area (Å²) in [4.78, 5) is 2.57. The maximum absolute atomic E-state index is 2.57. The Labute approximate surface area is 96.2 Å². The van der Waals surface area contributed by atoms with Gasteiger partial charge in [-0.05, 0) is 51.5 Å². The molecule has 1 nitrogen and oxygen atoms in total. The van der Waals surface area contributed by atoms with Gasteiger partial charge >= 0.3 is 0 Å². The van der Waals surface area contributed by atoms with E-state index in [1.54, 1.807) is 0 Å². The molecule has 90 valence electrons. The smallest absolute Gasteiger partial charge is 0.00640 e. The van der Waals surface area contributed by atoms with Crippen molar-refractivity contribution in [2.45, 2.75) is 65.3 Å². The van der Waals surface area contributed by atoms with Gasteiger partial charge in [0.1, 0.15) is 0 Å². The summed E-state index contributed by atoms with van der Waals surface area (Å²) in [5.74, 6) is 1.96. The molecule has 15 heavy (non-hydrogen) atoms. The van der Waals surface area contributed by atoms with Crippen molar-refractivity contribution in [2.75, 3.05) is 13.6 Å². The molecule has 0 aromatic carbocycles. The zero-order valence-electron chi connectivity index (χ0n) is 11.1. The first kappa shape index (κ1) is 13.0. The third-order valence-corrected chi connectivity index (χ3v) is 3.85. The molecule has 2 unspecified atom stereocenters. The highest BCUT2D eigenvalue weighted by molar-refractivity contribution is 4.78. The van der Waals surface area contributed by atoms with Crippen LogP contribution in [0.3, 0.4) is 0 Å². The zero-order chi connectivity index (χ0) is 11.3. The molecule has 1 saturated carbocycles. The van der Waals surface area contributed by atoms with Gasteiger partial charge in [-0.1, -0.05) is 26.7 Å². The maximum atomic E-state index is 2.57. The summed E-state index contributed by atoms with van der Waals surface area (Å²) in [7, 11) is 2.30. The largest absolute Gasteiger partial charge is 0.303 e. The van der Waals surface area contributed by atoms with Crippen molar-refractivity contribution in [1.29, 1.82) is 0 Å². The summed E-state index contributed by atoms with van der Waals surface area (Å²) in [5.41, 5.74) is 0. The van der Waals surface area contributed by atoms with Gasteiger partial charge in [-0.2, -0.15) is 0 Å². The lowest BCUT2D eigenvalue weighted by molar-refractivity contribution is 0.225. The van der Waals surface area contributed by atoms with Gasteiger partial charge in [0, 0.05) is 12.6 Å². The van der Waals surface area contributed by atoms with Crippen molar-refractivity contribution >= 4 is 0 Å². The Morgan fingerprint density at radius 2 is 1.80 bits per heavy atom. The van der Waals surface area contributed by atoms with E-state index in [1.807, 2.05) is 0 Å². The summed E-state index contributed by atoms with van der Waals surface area (Å²) >= 11 is 0. The van der Waals surface area contributed by atoms with Crippen LogP contribution in [0, 0.1) is 11.8 Å². The van der Waals surface area contributed by atoms with Gasteiger partial charge in [0.05, 0.1) is 0 Å². The van der Waals surface area contributed by atoms with Crippen molar-refractivity contribution in [2.24, 2.45) is 11.8 Å². The van der Waals surface area contributed by atoms with Crippen molar-refractivity contribution in [3.63, 3.8) is 0 Å². The number of hydrogen-bond donors (Lipinski definition) is 0. The summed E-state index contributed by atoms with van der Waals surface area (Å²) in [6.07, 6.45) is 8.48. The number of rotatable bonds is 8. The lowest BCUT2D eigenvalue weighted by Crippen LogP contribution is -2.31. The summed E-state index contributed by atoms with van der Waals surface area (Å²) < 4.78 is 0. The van der Waals surface area contributed by atoms with E-state index >= 15 is 0 Å². The van der Waals surface area contributed by atoms with Crippen LogP contribution in [-0.4, -0.2) is 24.5 Å². The minimum absolute atomic E-state index is 0.782. The Bertz CT molecular complexity index is 163. The lowest BCUT2D eigenvalue weighted by Gasteiger charge is -2.25. The third kappa shape index (κ3) is 5.55. The van der Waals surface area contributed by atoms with E-state index in [9.17, 15) is 0 Å². The van der Waals surface area contributed by atoms with Crippen LogP contribution in [0.25, 0.3) is 0 Å². The van der Waals surface area contributed by atoms with Crippen LogP contribution in [-0.2, 0) is 0 Å². The van der Waals surface area contributed by atoms with Gasteiger partial charge in [0.25, 0.3) is 0 Å². The second-order valence-corrected chi connectivity index (χ2v) is 5.70. The van der Waals surface area contributed by atoms with E-state index < -0.39 is 0 Å². The fraction of sp³-hybridized carbons (Fsp3) is 1.00. The fourth-order valence-corrected chi connectivity index (χ4v) is 2.27. The predicted octanol–water partition coefficient (Wildman–Crippen LogP) is 3.93. The minimum Gasteiger partial charge on any atom is -0.303 e.